The first-order chi connectivity index (χ1) is 10.6. The maximum absolute atomic E-state index is 12.1. The Morgan fingerprint density at radius 2 is 1.68 bits per heavy atom. The summed E-state index contributed by atoms with van der Waals surface area (Å²) in [6, 6.07) is 7.60. The normalized spacial score (nSPS) is 14.6. The smallest absolute Gasteiger partial charge is 0.317 e. The molecule has 6 heteroatoms. The molecule has 1 heterocycles. The number of carbonyl (C=O) groups excluding carboxylic acids is 2. The monoisotopic (exact) mass is 305 g/mol. The molecule has 6 nitrogen and oxygen atoms in total. The number of piperazine rings is 1. The van der Waals surface area contributed by atoms with Crippen molar-refractivity contribution in [3.05, 3.63) is 29.8 Å². The van der Waals surface area contributed by atoms with E-state index in [2.05, 4.69) is 5.32 Å². The highest BCUT2D eigenvalue weighted by Crippen LogP contribution is 2.12. The van der Waals surface area contributed by atoms with Gasteiger partial charge in [0, 0.05) is 39.6 Å². The molecule has 0 radical (unpaired) electrons. The standard InChI is InChI=1S/C16H23N3O3/c1-3-22-15-6-4-14(5-7-15)12-17-16(21)19-10-8-18(9-11-19)13(2)20/h4-7H,3,8-12H2,1-2H3,(H,17,21). The second-order valence-electron chi connectivity index (χ2n) is 5.23. The first kappa shape index (κ1) is 16.1. The van der Waals surface area contributed by atoms with Crippen molar-refractivity contribution in [1.82, 2.24) is 15.1 Å². The minimum absolute atomic E-state index is 0.0643. The van der Waals surface area contributed by atoms with Gasteiger partial charge in [0.25, 0.3) is 0 Å². The highest BCUT2D eigenvalue weighted by Gasteiger charge is 2.21. The average Bonchev–Trinajstić information content (AvgIpc) is 2.54. The predicted octanol–water partition coefficient (Wildman–Crippen LogP) is 1.46. The van der Waals surface area contributed by atoms with Crippen LogP contribution in [-0.4, -0.2) is 54.5 Å². The minimum atomic E-state index is -0.0860. The molecule has 0 aromatic heterocycles. The third-order valence-electron chi connectivity index (χ3n) is 3.69. The van der Waals surface area contributed by atoms with Crippen LogP contribution in [0, 0.1) is 0 Å². The van der Waals surface area contributed by atoms with Gasteiger partial charge in [0.2, 0.25) is 5.91 Å². The third-order valence-corrected chi connectivity index (χ3v) is 3.69. The molecular weight excluding hydrogens is 282 g/mol. The van der Waals surface area contributed by atoms with Gasteiger partial charge in [0.15, 0.2) is 0 Å². The van der Waals surface area contributed by atoms with Crippen LogP contribution < -0.4 is 10.1 Å². The molecule has 1 N–H and O–H groups in total. The SMILES string of the molecule is CCOc1ccc(CNC(=O)N2CCN(C(C)=O)CC2)cc1. The summed E-state index contributed by atoms with van der Waals surface area (Å²) >= 11 is 0. The van der Waals surface area contributed by atoms with Crippen molar-refractivity contribution in [2.45, 2.75) is 20.4 Å². The molecule has 0 atom stereocenters. The van der Waals surface area contributed by atoms with Crippen molar-refractivity contribution in [3.8, 4) is 5.75 Å². The van der Waals surface area contributed by atoms with E-state index < -0.39 is 0 Å². The maximum Gasteiger partial charge on any atom is 0.317 e. The van der Waals surface area contributed by atoms with Crippen molar-refractivity contribution in [2.75, 3.05) is 32.8 Å². The fourth-order valence-electron chi connectivity index (χ4n) is 2.38. The van der Waals surface area contributed by atoms with Gasteiger partial charge in [0.1, 0.15) is 5.75 Å². The van der Waals surface area contributed by atoms with E-state index in [1.807, 2.05) is 31.2 Å². The third kappa shape index (κ3) is 4.38. The number of amides is 3. The summed E-state index contributed by atoms with van der Waals surface area (Å²) in [5, 5.41) is 2.91. The second kappa shape index (κ2) is 7.68. The summed E-state index contributed by atoms with van der Waals surface area (Å²) in [4.78, 5) is 26.9. The molecule has 0 aliphatic carbocycles. The summed E-state index contributed by atoms with van der Waals surface area (Å²) in [7, 11) is 0. The molecule has 22 heavy (non-hydrogen) atoms. The lowest BCUT2D eigenvalue weighted by Crippen LogP contribution is -2.52. The molecule has 3 amide bonds. The number of urea groups is 1. The Labute approximate surface area is 131 Å². The number of nitrogens with zero attached hydrogens (tertiary/aromatic N) is 2. The molecule has 1 aromatic rings. The lowest BCUT2D eigenvalue weighted by atomic mass is 10.2. The number of carbonyl (C=O) groups is 2. The lowest BCUT2D eigenvalue weighted by Gasteiger charge is -2.34. The second-order valence-corrected chi connectivity index (χ2v) is 5.23. The van der Waals surface area contributed by atoms with Crippen LogP contribution in [0.5, 0.6) is 5.75 Å². The molecular formula is C16H23N3O3. The molecule has 1 aliphatic rings. The molecule has 0 spiro atoms. The topological polar surface area (TPSA) is 61.9 Å². The Balaban J connectivity index is 1.77. The number of hydrogen-bond donors (Lipinski definition) is 1. The Morgan fingerprint density at radius 3 is 2.23 bits per heavy atom. The zero-order chi connectivity index (χ0) is 15.9. The van der Waals surface area contributed by atoms with E-state index in [0.717, 1.165) is 11.3 Å². The molecule has 0 saturated carbocycles. The van der Waals surface area contributed by atoms with Gasteiger partial charge in [-0.2, -0.15) is 0 Å². The van der Waals surface area contributed by atoms with Gasteiger partial charge >= 0.3 is 6.03 Å². The molecule has 1 aliphatic heterocycles. The van der Waals surface area contributed by atoms with E-state index >= 15 is 0 Å². The molecule has 1 saturated heterocycles. The highest BCUT2D eigenvalue weighted by atomic mass is 16.5. The minimum Gasteiger partial charge on any atom is -0.494 e. The van der Waals surface area contributed by atoms with Crippen LogP contribution in [0.25, 0.3) is 0 Å². The van der Waals surface area contributed by atoms with Crippen LogP contribution in [0.4, 0.5) is 4.79 Å². The van der Waals surface area contributed by atoms with Gasteiger partial charge in [-0.15, -0.1) is 0 Å². The van der Waals surface area contributed by atoms with E-state index in [1.54, 1.807) is 16.7 Å². The largest absolute Gasteiger partial charge is 0.494 e. The Kier molecular flexibility index (Phi) is 5.63. The van der Waals surface area contributed by atoms with Gasteiger partial charge < -0.3 is 19.9 Å². The van der Waals surface area contributed by atoms with Crippen LogP contribution >= 0.6 is 0 Å². The summed E-state index contributed by atoms with van der Waals surface area (Å²) in [6.07, 6.45) is 0. The maximum atomic E-state index is 12.1. The van der Waals surface area contributed by atoms with Crippen LogP contribution in [-0.2, 0) is 11.3 Å². The van der Waals surface area contributed by atoms with Gasteiger partial charge in [-0.1, -0.05) is 12.1 Å². The first-order valence-electron chi connectivity index (χ1n) is 7.60. The van der Waals surface area contributed by atoms with Crippen molar-refractivity contribution in [2.24, 2.45) is 0 Å². The molecule has 1 aromatic carbocycles. The fourth-order valence-corrected chi connectivity index (χ4v) is 2.38. The fraction of sp³-hybridized carbons (Fsp3) is 0.500. The predicted molar refractivity (Wildman–Crippen MR) is 83.7 cm³/mol. The van der Waals surface area contributed by atoms with E-state index in [1.165, 1.54) is 0 Å². The van der Waals surface area contributed by atoms with Crippen LogP contribution in [0.3, 0.4) is 0 Å². The summed E-state index contributed by atoms with van der Waals surface area (Å²) < 4.78 is 5.38. The van der Waals surface area contributed by atoms with Crippen molar-refractivity contribution >= 4 is 11.9 Å². The van der Waals surface area contributed by atoms with E-state index in [4.69, 9.17) is 4.74 Å². The zero-order valence-electron chi connectivity index (χ0n) is 13.2. The Hall–Kier alpha value is -2.24. The summed E-state index contributed by atoms with van der Waals surface area (Å²) in [5.74, 6) is 0.896. The summed E-state index contributed by atoms with van der Waals surface area (Å²) in [5.41, 5.74) is 1.03. The van der Waals surface area contributed by atoms with Crippen molar-refractivity contribution < 1.29 is 14.3 Å². The van der Waals surface area contributed by atoms with E-state index in [-0.39, 0.29) is 11.9 Å². The number of ether oxygens (including phenoxy) is 1. The molecule has 0 unspecified atom stereocenters. The molecule has 0 bridgehead atoms. The number of hydrogen-bond acceptors (Lipinski definition) is 3. The number of rotatable bonds is 4. The van der Waals surface area contributed by atoms with Gasteiger partial charge in [-0.3, -0.25) is 4.79 Å². The molecule has 1 fully saturated rings. The summed E-state index contributed by atoms with van der Waals surface area (Å²) in [6.45, 7) is 6.99. The quantitative estimate of drug-likeness (QED) is 0.916. The zero-order valence-corrected chi connectivity index (χ0v) is 13.2. The van der Waals surface area contributed by atoms with Crippen LogP contribution in [0.2, 0.25) is 0 Å². The van der Waals surface area contributed by atoms with E-state index in [9.17, 15) is 9.59 Å². The Morgan fingerprint density at radius 1 is 1.09 bits per heavy atom. The highest BCUT2D eigenvalue weighted by molar-refractivity contribution is 5.76. The van der Waals surface area contributed by atoms with Crippen molar-refractivity contribution in [1.29, 1.82) is 0 Å². The van der Waals surface area contributed by atoms with Crippen LogP contribution in [0.15, 0.2) is 24.3 Å². The van der Waals surface area contributed by atoms with Gasteiger partial charge in [-0.25, -0.2) is 4.79 Å². The van der Waals surface area contributed by atoms with E-state index in [0.29, 0.717) is 39.3 Å². The number of nitrogens with one attached hydrogen (secondary N) is 1. The first-order valence-corrected chi connectivity index (χ1v) is 7.60. The number of benzene rings is 1. The lowest BCUT2D eigenvalue weighted by molar-refractivity contribution is -0.130. The van der Waals surface area contributed by atoms with Gasteiger partial charge in [0.05, 0.1) is 6.61 Å². The molecule has 2 rings (SSSR count). The van der Waals surface area contributed by atoms with Crippen LogP contribution in [0.1, 0.15) is 19.4 Å². The van der Waals surface area contributed by atoms with Gasteiger partial charge in [-0.05, 0) is 24.6 Å². The Bertz CT molecular complexity index is 508. The average molecular weight is 305 g/mol. The van der Waals surface area contributed by atoms with Crippen molar-refractivity contribution in [3.63, 3.8) is 0 Å². The molecule has 120 valence electrons.